The molecule has 0 aliphatic carbocycles. The first-order chi connectivity index (χ1) is 11.5. The zero-order chi connectivity index (χ0) is 17.5. The van der Waals surface area contributed by atoms with E-state index in [0.29, 0.717) is 5.56 Å². The van der Waals surface area contributed by atoms with Crippen molar-refractivity contribution < 1.29 is 19.9 Å². The molecule has 0 saturated carbocycles. The molecule has 0 heterocycles. The molecule has 0 amide bonds. The second-order valence-electron chi connectivity index (χ2n) is 5.09. The van der Waals surface area contributed by atoms with Gasteiger partial charge in [-0.05, 0) is 47.5 Å². The number of nitro groups is 1. The number of hydrogen-bond donors (Lipinski definition) is 2. The number of non-ortho nitro benzene ring substituents is 1. The van der Waals surface area contributed by atoms with Gasteiger partial charge in [0.15, 0.2) is 0 Å². The maximum atomic E-state index is 10.6. The number of aliphatic hydroxyl groups excluding tert-OH is 2. The van der Waals surface area contributed by atoms with Crippen molar-refractivity contribution in [3.05, 3.63) is 69.8 Å². The van der Waals surface area contributed by atoms with Gasteiger partial charge in [-0.1, -0.05) is 0 Å². The summed E-state index contributed by atoms with van der Waals surface area (Å²) in [5.41, 5.74) is 1.19. The van der Waals surface area contributed by atoms with E-state index in [1.807, 2.05) is 0 Å². The van der Waals surface area contributed by atoms with Gasteiger partial charge in [0.1, 0.15) is 17.9 Å². The van der Waals surface area contributed by atoms with E-state index in [1.54, 1.807) is 37.6 Å². The van der Waals surface area contributed by atoms with E-state index in [4.69, 9.17) is 4.74 Å². The maximum Gasteiger partial charge on any atom is 0.269 e. The van der Waals surface area contributed by atoms with Crippen LogP contribution in [0.1, 0.15) is 17.2 Å². The normalized spacial score (nSPS) is 13.6. The fraction of sp³-hybridized carbons (Fsp3) is 0.235. The van der Waals surface area contributed by atoms with Crippen LogP contribution < -0.4 is 4.74 Å². The number of hydrogen-bond acceptors (Lipinski definition) is 6. The van der Waals surface area contributed by atoms with Crippen LogP contribution in [0.3, 0.4) is 0 Å². The van der Waals surface area contributed by atoms with Gasteiger partial charge in [-0.2, -0.15) is 0 Å². The van der Waals surface area contributed by atoms with E-state index in [2.05, 4.69) is 4.99 Å². The van der Waals surface area contributed by atoms with Crippen molar-refractivity contribution >= 4 is 11.9 Å². The van der Waals surface area contributed by atoms with Gasteiger partial charge in [-0.25, -0.2) is 0 Å². The fourth-order valence-electron chi connectivity index (χ4n) is 2.12. The monoisotopic (exact) mass is 330 g/mol. The van der Waals surface area contributed by atoms with Crippen molar-refractivity contribution in [3.8, 4) is 5.75 Å². The molecule has 2 aromatic carbocycles. The van der Waals surface area contributed by atoms with Crippen LogP contribution in [0.15, 0.2) is 53.5 Å². The summed E-state index contributed by atoms with van der Waals surface area (Å²) >= 11 is 0. The minimum absolute atomic E-state index is 0.0618. The standard InChI is InChI=1S/C17H18N2O5/c1-24-15-8-2-12(3-9-15)10-18-16(11-20)17(21)13-4-6-14(7-5-13)19(22)23/h2-10,16-17,20-21H,11H2,1H3/t16-,17+/m1/s1. The number of aliphatic imine (C=N–C) groups is 1. The number of methoxy groups -OCH3 is 1. The van der Waals surface area contributed by atoms with Crippen molar-refractivity contribution in [3.63, 3.8) is 0 Å². The summed E-state index contributed by atoms with van der Waals surface area (Å²) in [4.78, 5) is 14.3. The first kappa shape index (κ1) is 17.6. The largest absolute Gasteiger partial charge is 0.497 e. The Hall–Kier alpha value is -2.77. The Morgan fingerprint density at radius 3 is 2.33 bits per heavy atom. The van der Waals surface area contributed by atoms with Crippen LogP contribution in [-0.2, 0) is 0 Å². The van der Waals surface area contributed by atoms with E-state index in [-0.39, 0.29) is 12.3 Å². The Labute approximate surface area is 139 Å². The number of nitrogens with zero attached hydrogens (tertiary/aromatic N) is 2. The number of nitro benzene ring substituents is 1. The molecular weight excluding hydrogens is 312 g/mol. The van der Waals surface area contributed by atoms with Crippen LogP contribution in [-0.4, -0.2) is 41.1 Å². The molecule has 2 aromatic rings. The lowest BCUT2D eigenvalue weighted by atomic mass is 10.0. The quantitative estimate of drug-likeness (QED) is 0.459. The number of benzene rings is 2. The Kier molecular flexibility index (Phi) is 6.00. The first-order valence-electron chi connectivity index (χ1n) is 7.25. The molecule has 7 nitrogen and oxygen atoms in total. The van der Waals surface area contributed by atoms with Gasteiger partial charge in [0.2, 0.25) is 0 Å². The van der Waals surface area contributed by atoms with E-state index in [0.717, 1.165) is 11.3 Å². The summed E-state index contributed by atoms with van der Waals surface area (Å²) in [6.07, 6.45) is 0.486. The zero-order valence-corrected chi connectivity index (χ0v) is 13.1. The molecule has 0 spiro atoms. The third-order valence-corrected chi connectivity index (χ3v) is 3.53. The Balaban J connectivity index is 2.11. The molecule has 0 aliphatic heterocycles. The molecule has 2 N–H and O–H groups in total. The first-order valence-corrected chi connectivity index (χ1v) is 7.25. The number of rotatable bonds is 7. The maximum absolute atomic E-state index is 10.6. The van der Waals surface area contributed by atoms with Crippen molar-refractivity contribution in [2.75, 3.05) is 13.7 Å². The van der Waals surface area contributed by atoms with Crippen molar-refractivity contribution in [1.29, 1.82) is 0 Å². The molecule has 0 unspecified atom stereocenters. The third-order valence-electron chi connectivity index (χ3n) is 3.53. The zero-order valence-electron chi connectivity index (χ0n) is 13.1. The van der Waals surface area contributed by atoms with Crippen molar-refractivity contribution in [2.24, 2.45) is 4.99 Å². The molecule has 126 valence electrons. The summed E-state index contributed by atoms with van der Waals surface area (Å²) < 4.78 is 5.07. The molecule has 0 aliphatic rings. The number of aliphatic hydroxyl groups is 2. The Bertz CT molecular complexity index is 698. The average molecular weight is 330 g/mol. The highest BCUT2D eigenvalue weighted by molar-refractivity contribution is 5.79. The van der Waals surface area contributed by atoms with E-state index in [9.17, 15) is 20.3 Å². The summed E-state index contributed by atoms with van der Waals surface area (Å²) in [5, 5.41) is 30.4. The molecule has 2 rings (SSSR count). The second-order valence-corrected chi connectivity index (χ2v) is 5.09. The summed E-state index contributed by atoms with van der Waals surface area (Å²) in [5.74, 6) is 0.719. The van der Waals surface area contributed by atoms with Crippen LogP contribution in [0.5, 0.6) is 5.75 Å². The van der Waals surface area contributed by atoms with Gasteiger partial charge >= 0.3 is 0 Å². The van der Waals surface area contributed by atoms with E-state index in [1.165, 1.54) is 24.3 Å². The molecular formula is C17H18N2O5. The molecule has 0 bridgehead atoms. The van der Waals surface area contributed by atoms with E-state index < -0.39 is 17.1 Å². The smallest absolute Gasteiger partial charge is 0.269 e. The van der Waals surface area contributed by atoms with E-state index >= 15 is 0 Å². The van der Waals surface area contributed by atoms with Gasteiger partial charge in [-0.3, -0.25) is 15.1 Å². The van der Waals surface area contributed by atoms with Crippen LogP contribution in [0.25, 0.3) is 0 Å². The minimum atomic E-state index is -1.06. The van der Waals surface area contributed by atoms with Gasteiger partial charge in [0.25, 0.3) is 5.69 Å². The average Bonchev–Trinajstić information content (AvgIpc) is 2.62. The predicted octanol–water partition coefficient (Wildman–Crippen LogP) is 2.12. The predicted molar refractivity (Wildman–Crippen MR) is 89.5 cm³/mol. The summed E-state index contributed by atoms with van der Waals surface area (Å²) in [7, 11) is 1.57. The summed E-state index contributed by atoms with van der Waals surface area (Å²) in [6, 6.07) is 11.9. The Morgan fingerprint density at radius 2 is 1.83 bits per heavy atom. The highest BCUT2D eigenvalue weighted by atomic mass is 16.6. The molecule has 0 radical (unpaired) electrons. The number of ether oxygens (including phenoxy) is 1. The third kappa shape index (κ3) is 4.37. The summed E-state index contributed by atoms with van der Waals surface area (Å²) in [6.45, 7) is -0.356. The van der Waals surface area contributed by atoms with Crippen LogP contribution >= 0.6 is 0 Å². The second kappa shape index (κ2) is 8.19. The molecule has 0 aromatic heterocycles. The Morgan fingerprint density at radius 1 is 1.21 bits per heavy atom. The fourth-order valence-corrected chi connectivity index (χ4v) is 2.12. The van der Waals surface area contributed by atoms with Gasteiger partial charge in [0, 0.05) is 18.3 Å². The topological polar surface area (TPSA) is 105 Å². The highest BCUT2D eigenvalue weighted by Gasteiger charge is 2.19. The SMILES string of the molecule is COc1ccc(C=N[C@H](CO)[C@@H](O)c2ccc([N+](=O)[O-])cc2)cc1. The molecule has 2 atom stereocenters. The lowest BCUT2D eigenvalue weighted by molar-refractivity contribution is -0.384. The van der Waals surface area contributed by atoms with Crippen LogP contribution in [0, 0.1) is 10.1 Å². The van der Waals surface area contributed by atoms with Gasteiger partial charge in [-0.15, -0.1) is 0 Å². The lowest BCUT2D eigenvalue weighted by Gasteiger charge is -2.17. The van der Waals surface area contributed by atoms with Gasteiger partial charge in [0.05, 0.1) is 18.6 Å². The molecule has 0 fully saturated rings. The van der Waals surface area contributed by atoms with Crippen molar-refractivity contribution in [2.45, 2.75) is 12.1 Å². The lowest BCUT2D eigenvalue weighted by Crippen LogP contribution is -2.21. The van der Waals surface area contributed by atoms with Gasteiger partial charge < -0.3 is 14.9 Å². The minimum Gasteiger partial charge on any atom is -0.497 e. The highest BCUT2D eigenvalue weighted by Crippen LogP contribution is 2.22. The van der Waals surface area contributed by atoms with Crippen molar-refractivity contribution in [1.82, 2.24) is 0 Å². The molecule has 7 heteroatoms. The van der Waals surface area contributed by atoms with Crippen LogP contribution in [0.4, 0.5) is 5.69 Å². The molecule has 0 saturated heterocycles. The molecule has 24 heavy (non-hydrogen) atoms. The van der Waals surface area contributed by atoms with Crippen LogP contribution in [0.2, 0.25) is 0 Å².